The highest BCUT2D eigenvalue weighted by Crippen LogP contribution is 2.27. The normalized spacial score (nSPS) is 17.8. The van der Waals surface area contributed by atoms with E-state index in [2.05, 4.69) is 34.3 Å². The lowest BCUT2D eigenvalue weighted by Crippen LogP contribution is -1.95. The summed E-state index contributed by atoms with van der Waals surface area (Å²) >= 11 is 0. The molecule has 0 bridgehead atoms. The Bertz CT molecular complexity index is 615. The third-order valence-electron chi connectivity index (χ3n) is 3.01. The Hall–Kier alpha value is -2.29. The summed E-state index contributed by atoms with van der Waals surface area (Å²) in [5.74, 6) is 0.712. The second-order valence-electron chi connectivity index (χ2n) is 4.26. The number of aliphatic imine (C=N–C) groups is 1. The van der Waals surface area contributed by atoms with E-state index in [9.17, 15) is 0 Å². The Morgan fingerprint density at radius 3 is 2.39 bits per heavy atom. The van der Waals surface area contributed by atoms with Crippen molar-refractivity contribution < 1.29 is 0 Å². The lowest BCUT2D eigenvalue weighted by molar-refractivity contribution is 0.765. The van der Waals surface area contributed by atoms with Gasteiger partial charge < -0.3 is 0 Å². The predicted molar refractivity (Wildman–Crippen MR) is 71.8 cm³/mol. The Morgan fingerprint density at radius 2 is 1.61 bits per heavy atom. The van der Waals surface area contributed by atoms with E-state index >= 15 is 0 Å². The SMILES string of the molecule is Cc1ccccc1C1N=NC(c2ccccc2)=N1. The van der Waals surface area contributed by atoms with Crippen molar-refractivity contribution >= 4 is 5.84 Å². The topological polar surface area (TPSA) is 37.1 Å². The van der Waals surface area contributed by atoms with Crippen molar-refractivity contribution in [2.75, 3.05) is 0 Å². The first kappa shape index (κ1) is 10.8. The first-order valence-corrected chi connectivity index (χ1v) is 5.94. The smallest absolute Gasteiger partial charge is 0.188 e. The summed E-state index contributed by atoms with van der Waals surface area (Å²) in [5, 5.41) is 8.43. The van der Waals surface area contributed by atoms with Gasteiger partial charge in [-0.1, -0.05) is 54.6 Å². The van der Waals surface area contributed by atoms with Crippen LogP contribution in [0.4, 0.5) is 0 Å². The van der Waals surface area contributed by atoms with Gasteiger partial charge in [0.05, 0.1) is 0 Å². The Kier molecular flexibility index (Phi) is 2.73. The number of hydrogen-bond donors (Lipinski definition) is 0. The molecule has 3 rings (SSSR count). The van der Waals surface area contributed by atoms with Crippen LogP contribution in [0, 0.1) is 6.92 Å². The molecule has 0 fully saturated rings. The molecule has 3 heteroatoms. The molecule has 0 aliphatic carbocycles. The maximum atomic E-state index is 4.57. The van der Waals surface area contributed by atoms with Crippen LogP contribution in [0.25, 0.3) is 0 Å². The van der Waals surface area contributed by atoms with Gasteiger partial charge in [-0.25, -0.2) is 4.99 Å². The van der Waals surface area contributed by atoms with Gasteiger partial charge in [-0.05, 0) is 12.5 Å². The second-order valence-corrected chi connectivity index (χ2v) is 4.26. The first-order chi connectivity index (χ1) is 8.84. The number of rotatable bonds is 2. The summed E-state index contributed by atoms with van der Waals surface area (Å²) in [6.07, 6.45) is -0.193. The highest BCUT2D eigenvalue weighted by Gasteiger charge is 2.18. The molecule has 0 radical (unpaired) electrons. The lowest BCUT2D eigenvalue weighted by Gasteiger charge is -2.06. The fraction of sp³-hybridized carbons (Fsp3) is 0.133. The Morgan fingerprint density at radius 1 is 0.889 bits per heavy atom. The molecule has 1 heterocycles. The molecule has 2 aromatic rings. The Balaban J connectivity index is 1.94. The van der Waals surface area contributed by atoms with Crippen molar-refractivity contribution in [3.05, 3.63) is 71.3 Å². The van der Waals surface area contributed by atoms with Crippen LogP contribution in [-0.2, 0) is 0 Å². The van der Waals surface area contributed by atoms with Gasteiger partial charge in [0, 0.05) is 11.1 Å². The second kappa shape index (κ2) is 4.53. The minimum atomic E-state index is -0.193. The summed E-state index contributed by atoms with van der Waals surface area (Å²) in [7, 11) is 0. The molecule has 0 aromatic heterocycles. The molecule has 0 saturated heterocycles. The van der Waals surface area contributed by atoms with Crippen molar-refractivity contribution in [3.63, 3.8) is 0 Å². The molecule has 1 aliphatic heterocycles. The zero-order valence-corrected chi connectivity index (χ0v) is 10.1. The number of benzene rings is 2. The third-order valence-corrected chi connectivity index (χ3v) is 3.01. The van der Waals surface area contributed by atoms with Gasteiger partial charge in [0.25, 0.3) is 0 Å². The largest absolute Gasteiger partial charge is 0.231 e. The minimum absolute atomic E-state index is 0.193. The first-order valence-electron chi connectivity index (χ1n) is 5.94. The molecule has 18 heavy (non-hydrogen) atoms. The number of hydrogen-bond acceptors (Lipinski definition) is 3. The molecule has 1 aliphatic rings. The number of azo groups is 1. The molecule has 3 nitrogen and oxygen atoms in total. The van der Waals surface area contributed by atoms with E-state index < -0.39 is 0 Å². The molecule has 0 saturated carbocycles. The van der Waals surface area contributed by atoms with Gasteiger partial charge in [-0.15, -0.1) is 5.11 Å². The molecule has 1 unspecified atom stereocenters. The number of nitrogens with zero attached hydrogens (tertiary/aromatic N) is 3. The van der Waals surface area contributed by atoms with Crippen LogP contribution in [0.15, 0.2) is 69.8 Å². The third kappa shape index (κ3) is 1.95. The van der Waals surface area contributed by atoms with E-state index in [0.29, 0.717) is 5.84 Å². The maximum absolute atomic E-state index is 4.57. The summed E-state index contributed by atoms with van der Waals surface area (Å²) in [6.45, 7) is 2.07. The molecule has 2 aromatic carbocycles. The van der Waals surface area contributed by atoms with Crippen molar-refractivity contribution in [2.45, 2.75) is 13.1 Å². The lowest BCUT2D eigenvalue weighted by atomic mass is 10.1. The van der Waals surface area contributed by atoms with E-state index in [0.717, 1.165) is 11.1 Å². The van der Waals surface area contributed by atoms with E-state index in [1.54, 1.807) is 0 Å². The van der Waals surface area contributed by atoms with Gasteiger partial charge in [0.2, 0.25) is 0 Å². The highest BCUT2D eigenvalue weighted by atomic mass is 15.3. The molecule has 88 valence electrons. The average Bonchev–Trinajstić information content (AvgIpc) is 2.90. The number of aryl methyl sites for hydroxylation is 1. The van der Waals surface area contributed by atoms with Crippen LogP contribution in [-0.4, -0.2) is 5.84 Å². The van der Waals surface area contributed by atoms with Crippen LogP contribution < -0.4 is 0 Å². The monoisotopic (exact) mass is 235 g/mol. The van der Waals surface area contributed by atoms with Crippen LogP contribution in [0.5, 0.6) is 0 Å². The summed E-state index contributed by atoms with van der Waals surface area (Å²) in [6, 6.07) is 18.1. The Labute approximate surface area is 106 Å². The zero-order chi connectivity index (χ0) is 12.4. The van der Waals surface area contributed by atoms with Crippen molar-refractivity contribution in [3.8, 4) is 0 Å². The standard InChI is InChI=1S/C15H13N3/c1-11-7-5-6-10-13(11)15-16-14(17-18-15)12-8-3-2-4-9-12/h2-10,15H,1H3. The van der Waals surface area contributed by atoms with E-state index in [-0.39, 0.29) is 6.17 Å². The molecule has 1 atom stereocenters. The van der Waals surface area contributed by atoms with E-state index in [1.165, 1.54) is 5.56 Å². The minimum Gasteiger partial charge on any atom is -0.231 e. The van der Waals surface area contributed by atoms with Crippen molar-refractivity contribution in [2.24, 2.45) is 15.2 Å². The summed E-state index contributed by atoms with van der Waals surface area (Å²) in [5.41, 5.74) is 3.32. The van der Waals surface area contributed by atoms with Gasteiger partial charge in [-0.2, -0.15) is 5.11 Å². The molecule has 0 spiro atoms. The van der Waals surface area contributed by atoms with Gasteiger partial charge >= 0.3 is 0 Å². The summed E-state index contributed by atoms with van der Waals surface area (Å²) in [4.78, 5) is 4.57. The van der Waals surface area contributed by atoms with Crippen LogP contribution >= 0.6 is 0 Å². The van der Waals surface area contributed by atoms with E-state index in [1.807, 2.05) is 42.5 Å². The molecular weight excluding hydrogens is 222 g/mol. The molecule has 0 N–H and O–H groups in total. The fourth-order valence-electron chi connectivity index (χ4n) is 2.00. The summed E-state index contributed by atoms with van der Waals surface area (Å²) < 4.78 is 0. The quantitative estimate of drug-likeness (QED) is 0.757. The van der Waals surface area contributed by atoms with Crippen molar-refractivity contribution in [1.29, 1.82) is 0 Å². The van der Waals surface area contributed by atoms with Gasteiger partial charge in [0.15, 0.2) is 12.0 Å². The number of amidine groups is 1. The van der Waals surface area contributed by atoms with Crippen LogP contribution in [0.2, 0.25) is 0 Å². The predicted octanol–water partition coefficient (Wildman–Crippen LogP) is 3.91. The van der Waals surface area contributed by atoms with Crippen molar-refractivity contribution in [1.82, 2.24) is 0 Å². The van der Waals surface area contributed by atoms with E-state index in [4.69, 9.17) is 0 Å². The molecule has 0 amide bonds. The fourth-order valence-corrected chi connectivity index (χ4v) is 2.00. The van der Waals surface area contributed by atoms with Crippen LogP contribution in [0.3, 0.4) is 0 Å². The van der Waals surface area contributed by atoms with Crippen LogP contribution in [0.1, 0.15) is 22.9 Å². The highest BCUT2D eigenvalue weighted by molar-refractivity contribution is 5.99. The zero-order valence-electron chi connectivity index (χ0n) is 10.1. The average molecular weight is 235 g/mol. The van der Waals surface area contributed by atoms with Gasteiger partial charge in [0.1, 0.15) is 0 Å². The van der Waals surface area contributed by atoms with Gasteiger partial charge in [-0.3, -0.25) is 0 Å². The maximum Gasteiger partial charge on any atom is 0.188 e. The molecular formula is C15H13N3.